The van der Waals surface area contributed by atoms with E-state index in [-0.39, 0.29) is 12.5 Å². The van der Waals surface area contributed by atoms with Gasteiger partial charge in [0, 0.05) is 13.1 Å². The van der Waals surface area contributed by atoms with Crippen LogP contribution in [0.2, 0.25) is 0 Å². The van der Waals surface area contributed by atoms with Crippen molar-refractivity contribution in [3.05, 3.63) is 65.7 Å². The SMILES string of the molecule is CCN(CC)C(=O)COC(=O)c1ccc(COc2ccccc2)cc1. The lowest BCUT2D eigenvalue weighted by molar-refractivity contribution is -0.134. The van der Waals surface area contributed by atoms with Gasteiger partial charge in [0.05, 0.1) is 5.56 Å². The van der Waals surface area contributed by atoms with Crippen molar-refractivity contribution in [2.75, 3.05) is 19.7 Å². The maximum Gasteiger partial charge on any atom is 0.338 e. The Morgan fingerprint density at radius 2 is 1.56 bits per heavy atom. The topological polar surface area (TPSA) is 55.8 Å². The van der Waals surface area contributed by atoms with Crippen molar-refractivity contribution in [2.45, 2.75) is 20.5 Å². The van der Waals surface area contributed by atoms with Gasteiger partial charge >= 0.3 is 5.97 Å². The van der Waals surface area contributed by atoms with Gasteiger partial charge in [0.1, 0.15) is 12.4 Å². The summed E-state index contributed by atoms with van der Waals surface area (Å²) in [5, 5.41) is 0. The summed E-state index contributed by atoms with van der Waals surface area (Å²) in [7, 11) is 0. The van der Waals surface area contributed by atoms with E-state index in [9.17, 15) is 9.59 Å². The molecule has 0 heterocycles. The average molecular weight is 341 g/mol. The highest BCUT2D eigenvalue weighted by molar-refractivity contribution is 5.91. The van der Waals surface area contributed by atoms with E-state index in [0.717, 1.165) is 11.3 Å². The van der Waals surface area contributed by atoms with Crippen molar-refractivity contribution >= 4 is 11.9 Å². The summed E-state index contributed by atoms with van der Waals surface area (Å²) in [6, 6.07) is 16.5. The molecule has 132 valence electrons. The Balaban J connectivity index is 1.84. The average Bonchev–Trinajstić information content (AvgIpc) is 2.66. The minimum absolute atomic E-state index is 0.189. The number of carbonyl (C=O) groups is 2. The molecule has 2 rings (SSSR count). The molecule has 0 fully saturated rings. The summed E-state index contributed by atoms with van der Waals surface area (Å²) < 4.78 is 10.7. The highest BCUT2D eigenvalue weighted by atomic mass is 16.5. The molecular formula is C20H23NO4. The smallest absolute Gasteiger partial charge is 0.338 e. The van der Waals surface area contributed by atoms with Gasteiger partial charge < -0.3 is 14.4 Å². The molecule has 25 heavy (non-hydrogen) atoms. The first-order valence-electron chi connectivity index (χ1n) is 8.35. The lowest BCUT2D eigenvalue weighted by atomic mass is 10.1. The summed E-state index contributed by atoms with van der Waals surface area (Å²) >= 11 is 0. The Labute approximate surface area is 148 Å². The van der Waals surface area contributed by atoms with Crippen molar-refractivity contribution in [1.29, 1.82) is 0 Å². The van der Waals surface area contributed by atoms with E-state index in [1.165, 1.54) is 0 Å². The number of hydrogen-bond acceptors (Lipinski definition) is 4. The van der Waals surface area contributed by atoms with E-state index in [2.05, 4.69) is 0 Å². The van der Waals surface area contributed by atoms with Gasteiger partial charge in [-0.1, -0.05) is 30.3 Å². The third kappa shape index (κ3) is 5.64. The molecule has 1 amide bonds. The van der Waals surface area contributed by atoms with Crippen LogP contribution in [0.1, 0.15) is 29.8 Å². The van der Waals surface area contributed by atoms with Gasteiger partial charge in [-0.05, 0) is 43.7 Å². The zero-order chi connectivity index (χ0) is 18.1. The van der Waals surface area contributed by atoms with E-state index in [0.29, 0.717) is 25.3 Å². The second-order valence-electron chi connectivity index (χ2n) is 5.44. The quantitative estimate of drug-likeness (QED) is 0.692. The number of nitrogens with zero attached hydrogens (tertiary/aromatic N) is 1. The lowest BCUT2D eigenvalue weighted by Gasteiger charge is -2.18. The summed E-state index contributed by atoms with van der Waals surface area (Å²) in [6.07, 6.45) is 0. The van der Waals surface area contributed by atoms with Crippen molar-refractivity contribution in [2.24, 2.45) is 0 Å². The van der Waals surface area contributed by atoms with Crippen LogP contribution in [0.25, 0.3) is 0 Å². The van der Waals surface area contributed by atoms with Crippen LogP contribution in [0, 0.1) is 0 Å². The second kappa shape index (κ2) is 9.47. The predicted molar refractivity (Wildman–Crippen MR) is 95.4 cm³/mol. The molecule has 5 nitrogen and oxygen atoms in total. The Bertz CT molecular complexity index is 679. The standard InChI is InChI=1S/C20H23NO4/c1-3-21(4-2)19(22)15-25-20(23)17-12-10-16(11-13-17)14-24-18-8-6-5-7-9-18/h5-13H,3-4,14-15H2,1-2H3. The van der Waals surface area contributed by atoms with Crippen LogP contribution in [0.5, 0.6) is 5.75 Å². The third-order valence-electron chi connectivity index (χ3n) is 3.78. The van der Waals surface area contributed by atoms with Crippen LogP contribution in [0.15, 0.2) is 54.6 Å². The summed E-state index contributed by atoms with van der Waals surface area (Å²) in [6.45, 7) is 5.16. The highest BCUT2D eigenvalue weighted by Crippen LogP contribution is 2.12. The number of likely N-dealkylation sites (N-methyl/N-ethyl adjacent to an activating group) is 1. The Kier molecular flexibility index (Phi) is 7.01. The van der Waals surface area contributed by atoms with Crippen LogP contribution in [-0.4, -0.2) is 36.5 Å². The summed E-state index contributed by atoms with van der Waals surface area (Å²) in [5.74, 6) is 0.100. The second-order valence-corrected chi connectivity index (χ2v) is 5.44. The molecule has 0 saturated carbocycles. The van der Waals surface area contributed by atoms with Gasteiger partial charge in [0.15, 0.2) is 6.61 Å². The van der Waals surface area contributed by atoms with Gasteiger partial charge in [0.25, 0.3) is 5.91 Å². The van der Waals surface area contributed by atoms with Crippen LogP contribution in [-0.2, 0) is 16.1 Å². The zero-order valence-electron chi connectivity index (χ0n) is 14.6. The molecular weight excluding hydrogens is 318 g/mol. The summed E-state index contributed by atoms with van der Waals surface area (Å²) in [4.78, 5) is 25.5. The van der Waals surface area contributed by atoms with E-state index < -0.39 is 5.97 Å². The largest absolute Gasteiger partial charge is 0.489 e. The Morgan fingerprint density at radius 3 is 2.16 bits per heavy atom. The molecule has 0 spiro atoms. The molecule has 0 aliphatic heterocycles. The fraction of sp³-hybridized carbons (Fsp3) is 0.300. The summed E-state index contributed by atoms with van der Waals surface area (Å²) in [5.41, 5.74) is 1.36. The van der Waals surface area contributed by atoms with E-state index in [1.54, 1.807) is 17.0 Å². The molecule has 0 radical (unpaired) electrons. The fourth-order valence-corrected chi connectivity index (χ4v) is 2.30. The molecule has 0 atom stereocenters. The molecule has 0 unspecified atom stereocenters. The molecule has 2 aromatic rings. The van der Waals surface area contributed by atoms with Gasteiger partial charge in [-0.3, -0.25) is 4.79 Å². The van der Waals surface area contributed by atoms with Gasteiger partial charge in [-0.2, -0.15) is 0 Å². The number of hydrogen-bond donors (Lipinski definition) is 0. The van der Waals surface area contributed by atoms with E-state index in [1.807, 2.05) is 56.3 Å². The van der Waals surface area contributed by atoms with Crippen molar-refractivity contribution < 1.29 is 19.1 Å². The molecule has 2 aromatic carbocycles. The molecule has 0 N–H and O–H groups in total. The van der Waals surface area contributed by atoms with E-state index >= 15 is 0 Å². The molecule has 0 aliphatic carbocycles. The van der Waals surface area contributed by atoms with Gasteiger partial charge in [-0.25, -0.2) is 4.79 Å². The Morgan fingerprint density at radius 1 is 0.920 bits per heavy atom. The normalized spacial score (nSPS) is 10.2. The first-order valence-corrected chi connectivity index (χ1v) is 8.35. The number of amides is 1. The molecule has 5 heteroatoms. The minimum atomic E-state index is -0.504. The maximum absolute atomic E-state index is 12.0. The monoisotopic (exact) mass is 341 g/mol. The van der Waals surface area contributed by atoms with Crippen LogP contribution in [0.3, 0.4) is 0 Å². The zero-order valence-corrected chi connectivity index (χ0v) is 14.6. The number of ether oxygens (including phenoxy) is 2. The maximum atomic E-state index is 12.0. The molecule has 0 bridgehead atoms. The highest BCUT2D eigenvalue weighted by Gasteiger charge is 2.13. The lowest BCUT2D eigenvalue weighted by Crippen LogP contribution is -2.34. The molecule has 0 aliphatic rings. The van der Waals surface area contributed by atoms with E-state index in [4.69, 9.17) is 9.47 Å². The third-order valence-corrected chi connectivity index (χ3v) is 3.78. The van der Waals surface area contributed by atoms with Crippen molar-refractivity contribution in [3.63, 3.8) is 0 Å². The van der Waals surface area contributed by atoms with Gasteiger partial charge in [-0.15, -0.1) is 0 Å². The number of esters is 1. The number of rotatable bonds is 8. The first-order chi connectivity index (χ1) is 12.1. The molecule has 0 aromatic heterocycles. The fourth-order valence-electron chi connectivity index (χ4n) is 2.30. The van der Waals surface area contributed by atoms with Crippen LogP contribution >= 0.6 is 0 Å². The predicted octanol–water partition coefficient (Wildman–Crippen LogP) is 3.29. The Hall–Kier alpha value is -2.82. The van der Waals surface area contributed by atoms with Crippen LogP contribution < -0.4 is 4.74 Å². The minimum Gasteiger partial charge on any atom is -0.489 e. The van der Waals surface area contributed by atoms with Crippen molar-refractivity contribution in [3.8, 4) is 5.75 Å². The van der Waals surface area contributed by atoms with Crippen molar-refractivity contribution in [1.82, 2.24) is 4.90 Å². The van der Waals surface area contributed by atoms with Crippen LogP contribution in [0.4, 0.5) is 0 Å². The number of carbonyl (C=O) groups excluding carboxylic acids is 2. The number of para-hydroxylation sites is 1. The number of benzene rings is 2. The molecule has 0 saturated heterocycles. The van der Waals surface area contributed by atoms with Gasteiger partial charge in [0.2, 0.25) is 0 Å². The first kappa shape index (κ1) is 18.5.